The van der Waals surface area contributed by atoms with Crippen LogP contribution in [0, 0.1) is 29.6 Å². The molecule has 0 aromatic heterocycles. The van der Waals surface area contributed by atoms with Gasteiger partial charge in [0.05, 0.1) is 6.61 Å². The predicted octanol–water partition coefficient (Wildman–Crippen LogP) is 2.99. The first-order valence-corrected chi connectivity index (χ1v) is 14.9. The summed E-state index contributed by atoms with van der Waals surface area (Å²) in [5.74, 6) is -0.184. The number of hydrogen-bond acceptors (Lipinski definition) is 6. The van der Waals surface area contributed by atoms with Gasteiger partial charge in [-0.2, -0.15) is 9.11 Å². The van der Waals surface area contributed by atoms with E-state index in [2.05, 4.69) is 15.6 Å². The van der Waals surface area contributed by atoms with E-state index < -0.39 is 51.8 Å². The third kappa shape index (κ3) is 9.42. The number of aliphatic hydroxyl groups is 1. The highest BCUT2D eigenvalue weighted by molar-refractivity contribution is 7.92. The summed E-state index contributed by atoms with van der Waals surface area (Å²) in [5.41, 5.74) is -2.23. The molecule has 11 nitrogen and oxygen atoms in total. The van der Waals surface area contributed by atoms with Crippen molar-refractivity contribution in [2.24, 2.45) is 34.6 Å². The topological polar surface area (TPSA) is 175 Å². The number of carbonyl (C=O) groups is 3. The first kappa shape index (κ1) is 29.7. The second-order valence-corrected chi connectivity index (χ2v) is 12.8. The molecular weight excluding hydrogens is 502 g/mol. The molecule has 0 bridgehead atoms. The maximum atomic E-state index is 13.1. The van der Waals surface area contributed by atoms with Crippen molar-refractivity contribution in [2.45, 2.75) is 95.6 Å². The second kappa shape index (κ2) is 13.3. The Bertz CT molecular complexity index is 885. The van der Waals surface area contributed by atoms with Gasteiger partial charge in [-0.05, 0) is 60.0 Å². The molecule has 37 heavy (non-hydrogen) atoms. The molecule has 3 aliphatic rings. The van der Waals surface area contributed by atoms with Crippen molar-refractivity contribution in [1.82, 2.24) is 10.6 Å². The smallest absolute Gasteiger partial charge is 0.407 e. The van der Waals surface area contributed by atoms with Gasteiger partial charge in [-0.25, -0.2) is 9.79 Å². The van der Waals surface area contributed by atoms with Crippen LogP contribution in [-0.4, -0.2) is 62.5 Å². The summed E-state index contributed by atoms with van der Waals surface area (Å²) in [5, 5.41) is 15.2. The minimum absolute atomic E-state index is 0.00690. The Labute approximate surface area is 219 Å². The van der Waals surface area contributed by atoms with Crippen molar-refractivity contribution >= 4 is 34.6 Å². The average Bonchev–Trinajstić information content (AvgIpc) is 3.44. The number of ether oxygens (including phenoxy) is 1. The Morgan fingerprint density at radius 1 is 1.16 bits per heavy atom. The molecule has 6 atom stereocenters. The summed E-state index contributed by atoms with van der Waals surface area (Å²) in [6.07, 6.45) is 9.70. The fraction of sp³-hybridized carbons (Fsp3) is 0.840. The quantitative estimate of drug-likeness (QED) is 0.220. The molecule has 0 aromatic rings. The Kier molecular flexibility index (Phi) is 10.6. The zero-order chi connectivity index (χ0) is 27.2. The van der Waals surface area contributed by atoms with Crippen LogP contribution in [0.5, 0.6) is 0 Å². The second-order valence-electron chi connectivity index (χ2n) is 11.3. The molecule has 3 amide bonds. The van der Waals surface area contributed by atoms with Crippen LogP contribution in [0.1, 0.15) is 78.1 Å². The Morgan fingerprint density at radius 3 is 2.46 bits per heavy atom. The van der Waals surface area contributed by atoms with Crippen LogP contribution < -0.4 is 10.6 Å². The van der Waals surface area contributed by atoms with E-state index in [1.165, 1.54) is 44.7 Å². The third-order valence-electron chi connectivity index (χ3n) is 7.66. The number of nitrogens with zero attached hydrogens (tertiary/aromatic N) is 1. The van der Waals surface area contributed by atoms with E-state index in [1.807, 2.05) is 13.8 Å². The minimum atomic E-state index is -4.68. The highest BCUT2D eigenvalue weighted by Gasteiger charge is 2.45. The molecule has 0 radical (unpaired) electrons. The van der Waals surface area contributed by atoms with Crippen molar-refractivity contribution in [2.75, 3.05) is 6.61 Å². The lowest BCUT2D eigenvalue weighted by molar-refractivity contribution is -0.126. The summed E-state index contributed by atoms with van der Waals surface area (Å²) in [6, 6.07) is -2.45. The maximum absolute atomic E-state index is 13.1. The van der Waals surface area contributed by atoms with Gasteiger partial charge < -0.3 is 20.5 Å². The number of alkyl carbamates (subject to hydrolysis) is 1. The first-order chi connectivity index (χ1) is 17.4. The van der Waals surface area contributed by atoms with E-state index in [1.54, 1.807) is 0 Å². The van der Waals surface area contributed by atoms with E-state index in [-0.39, 0.29) is 25.2 Å². The monoisotopic (exact) mass is 544 g/mol. The zero-order valence-corrected chi connectivity index (χ0v) is 22.5. The summed E-state index contributed by atoms with van der Waals surface area (Å²) < 4.78 is 36.0. The molecule has 2 saturated carbocycles. The molecule has 2 aliphatic carbocycles. The number of aliphatic imine (C=N–C) groups is 1. The SMILES string of the molecule is CC(C)C[C@H](NC(=O)OC[C@H]1C[C@@H]1CC1CCCCC1)C(=O)N[C@@H](C[C@@H]1CC=NC1=O)[C@H](O)[S+](=O)(O)O. The number of rotatable bonds is 13. The van der Waals surface area contributed by atoms with Crippen LogP contribution in [0.25, 0.3) is 0 Å². The van der Waals surface area contributed by atoms with Gasteiger partial charge in [-0.15, -0.1) is 0 Å². The van der Waals surface area contributed by atoms with Gasteiger partial charge in [0.25, 0.3) is 0 Å². The molecule has 0 aromatic carbocycles. The lowest BCUT2D eigenvalue weighted by Gasteiger charge is -2.26. The van der Waals surface area contributed by atoms with E-state index in [4.69, 9.17) is 4.74 Å². The molecule has 3 rings (SSSR count). The normalized spacial score (nSPS) is 26.5. The van der Waals surface area contributed by atoms with Gasteiger partial charge in [-0.3, -0.25) is 9.59 Å². The standard InChI is InChI=1S/C25H41N3O8S/c1-15(2)10-20(28-25(32)36-14-19-12-18(19)11-16-6-4-3-5-7-16)23(30)27-21(24(31)37(33,34)35)13-17-8-9-26-22(17)29/h9,15-21,24,31H,3-8,10-14H2,1-2H3,(H3-,27,28,30,32,33,34,35)/p+1/t17-,18-,19+,20-,21-,24+/m0/s1. The first-order valence-electron chi connectivity index (χ1n) is 13.4. The third-order valence-corrected chi connectivity index (χ3v) is 8.61. The average molecular weight is 545 g/mol. The van der Waals surface area contributed by atoms with Gasteiger partial charge in [0.15, 0.2) is 0 Å². The molecule has 5 N–H and O–H groups in total. The number of carbonyl (C=O) groups excluding carboxylic acids is 3. The van der Waals surface area contributed by atoms with Gasteiger partial charge in [0, 0.05) is 12.1 Å². The van der Waals surface area contributed by atoms with Crippen LogP contribution in [0.4, 0.5) is 4.79 Å². The van der Waals surface area contributed by atoms with Gasteiger partial charge in [-0.1, -0.05) is 46.0 Å². The van der Waals surface area contributed by atoms with Crippen LogP contribution in [-0.2, 0) is 29.0 Å². The molecule has 0 spiro atoms. The molecule has 0 saturated heterocycles. The number of hydrogen-bond donors (Lipinski definition) is 5. The molecule has 12 heteroatoms. The van der Waals surface area contributed by atoms with E-state index in [0.717, 1.165) is 12.3 Å². The minimum Gasteiger partial charge on any atom is -0.449 e. The zero-order valence-electron chi connectivity index (χ0n) is 21.7. The van der Waals surface area contributed by atoms with E-state index in [0.29, 0.717) is 18.4 Å². The van der Waals surface area contributed by atoms with Crippen LogP contribution in [0.3, 0.4) is 0 Å². The van der Waals surface area contributed by atoms with Gasteiger partial charge in [0.2, 0.25) is 11.8 Å². The number of amides is 3. The van der Waals surface area contributed by atoms with Crippen LogP contribution in [0.2, 0.25) is 0 Å². The van der Waals surface area contributed by atoms with Crippen LogP contribution in [0.15, 0.2) is 4.99 Å². The molecule has 1 heterocycles. The Balaban J connectivity index is 1.52. The summed E-state index contributed by atoms with van der Waals surface area (Å²) >= 11 is 0. The molecular formula is C25H42N3O8S+. The van der Waals surface area contributed by atoms with Crippen molar-refractivity contribution in [3.8, 4) is 0 Å². The van der Waals surface area contributed by atoms with Crippen LogP contribution >= 0.6 is 0 Å². The number of nitrogens with one attached hydrogen (secondary N) is 2. The lowest BCUT2D eigenvalue weighted by atomic mass is 9.85. The Morgan fingerprint density at radius 2 is 1.86 bits per heavy atom. The van der Waals surface area contributed by atoms with E-state index >= 15 is 0 Å². The largest absolute Gasteiger partial charge is 0.449 e. The fourth-order valence-electron chi connectivity index (χ4n) is 5.45. The summed E-state index contributed by atoms with van der Waals surface area (Å²) in [7, 11) is -4.68. The summed E-state index contributed by atoms with van der Waals surface area (Å²) in [6.45, 7) is 4.02. The molecule has 210 valence electrons. The Hall–Kier alpha value is -1.89. The molecule has 1 aliphatic heterocycles. The predicted molar refractivity (Wildman–Crippen MR) is 138 cm³/mol. The maximum Gasteiger partial charge on any atom is 0.407 e. The molecule has 0 unspecified atom stereocenters. The van der Waals surface area contributed by atoms with E-state index in [9.17, 15) is 32.8 Å². The van der Waals surface area contributed by atoms with Crippen molar-refractivity contribution in [1.29, 1.82) is 0 Å². The van der Waals surface area contributed by atoms with Crippen molar-refractivity contribution < 1.29 is 37.5 Å². The van der Waals surface area contributed by atoms with Gasteiger partial charge in [0.1, 0.15) is 12.1 Å². The summed E-state index contributed by atoms with van der Waals surface area (Å²) in [4.78, 5) is 41.1. The lowest BCUT2D eigenvalue weighted by Crippen LogP contribution is -2.55. The molecule has 2 fully saturated rings. The van der Waals surface area contributed by atoms with Crippen molar-refractivity contribution in [3.05, 3.63) is 0 Å². The van der Waals surface area contributed by atoms with Gasteiger partial charge >= 0.3 is 22.0 Å². The highest BCUT2D eigenvalue weighted by atomic mass is 32.3. The number of aliphatic hydroxyl groups excluding tert-OH is 1. The fourth-order valence-corrected chi connectivity index (χ4v) is 6.05. The highest BCUT2D eigenvalue weighted by Crippen LogP contribution is 2.45. The van der Waals surface area contributed by atoms with Crippen molar-refractivity contribution in [3.63, 3.8) is 0 Å².